The highest BCUT2D eigenvalue weighted by Gasteiger charge is 2.27. The van der Waals surface area contributed by atoms with E-state index in [2.05, 4.69) is 18.5 Å². The molecule has 6 heteroatoms. The second-order valence-corrected chi connectivity index (χ2v) is 8.54. The summed E-state index contributed by atoms with van der Waals surface area (Å²) in [4.78, 5) is 37.4. The zero-order valence-electron chi connectivity index (χ0n) is 19.1. The summed E-state index contributed by atoms with van der Waals surface area (Å²) < 4.78 is 10.8. The second-order valence-electron chi connectivity index (χ2n) is 8.54. The molecule has 1 aromatic carbocycles. The van der Waals surface area contributed by atoms with Crippen LogP contribution in [0.2, 0.25) is 0 Å². The molecular weight excluding hydrogens is 394 g/mol. The Bertz CT molecular complexity index is 751. The molecule has 170 valence electrons. The Kier molecular flexibility index (Phi) is 10.7. The number of ether oxygens (including phenoxy) is 2. The monoisotopic (exact) mass is 429 g/mol. The number of carbonyl (C=O) groups excluding carboxylic acids is 3. The average Bonchev–Trinajstić information content (AvgIpc) is 2.69. The fourth-order valence-corrected chi connectivity index (χ4v) is 2.91. The van der Waals surface area contributed by atoms with Gasteiger partial charge in [-0.15, -0.1) is 13.2 Å². The largest absolute Gasteiger partial charge is 0.463 e. The van der Waals surface area contributed by atoms with Gasteiger partial charge < -0.3 is 14.8 Å². The van der Waals surface area contributed by atoms with Crippen LogP contribution in [-0.4, -0.2) is 30.1 Å². The van der Waals surface area contributed by atoms with Gasteiger partial charge in [0.25, 0.3) is 0 Å². The van der Waals surface area contributed by atoms with Crippen molar-refractivity contribution in [1.29, 1.82) is 0 Å². The summed E-state index contributed by atoms with van der Waals surface area (Å²) in [5.41, 5.74) is 0.187. The maximum Gasteiger partial charge on any atom is 0.309 e. The van der Waals surface area contributed by atoms with Crippen molar-refractivity contribution < 1.29 is 23.9 Å². The van der Waals surface area contributed by atoms with Gasteiger partial charge in [-0.2, -0.15) is 0 Å². The lowest BCUT2D eigenvalue weighted by atomic mass is 10.0. The van der Waals surface area contributed by atoms with E-state index in [0.717, 1.165) is 5.56 Å². The van der Waals surface area contributed by atoms with Gasteiger partial charge in [0, 0.05) is 5.92 Å². The molecule has 0 radical (unpaired) electrons. The Balaban J connectivity index is 2.84. The second kappa shape index (κ2) is 12.7. The van der Waals surface area contributed by atoms with E-state index in [0.29, 0.717) is 6.42 Å². The van der Waals surface area contributed by atoms with Crippen LogP contribution >= 0.6 is 0 Å². The minimum absolute atomic E-state index is 0.0443. The number of hydrogen-bond acceptors (Lipinski definition) is 5. The van der Waals surface area contributed by atoms with Crippen molar-refractivity contribution in [3.63, 3.8) is 0 Å². The quantitative estimate of drug-likeness (QED) is 0.390. The van der Waals surface area contributed by atoms with Gasteiger partial charge in [0.2, 0.25) is 5.91 Å². The molecule has 31 heavy (non-hydrogen) atoms. The SMILES string of the molecule is C=CCC(C)C(=O)NC(COC(=O)C(CC=C)CC(=O)OC(C)(C)C)c1ccccc1. The summed E-state index contributed by atoms with van der Waals surface area (Å²) in [7, 11) is 0. The fourth-order valence-electron chi connectivity index (χ4n) is 2.91. The predicted octanol–water partition coefficient (Wildman–Crippen LogP) is 4.52. The van der Waals surface area contributed by atoms with E-state index >= 15 is 0 Å². The van der Waals surface area contributed by atoms with Crippen LogP contribution in [0.1, 0.15) is 58.6 Å². The molecule has 0 aliphatic carbocycles. The normalized spacial score (nSPS) is 13.9. The first-order valence-electron chi connectivity index (χ1n) is 10.5. The molecule has 0 spiro atoms. The third-order valence-corrected chi connectivity index (χ3v) is 4.50. The smallest absolute Gasteiger partial charge is 0.309 e. The van der Waals surface area contributed by atoms with Gasteiger partial charge in [-0.1, -0.05) is 49.4 Å². The van der Waals surface area contributed by atoms with Crippen LogP contribution in [0.5, 0.6) is 0 Å². The van der Waals surface area contributed by atoms with E-state index in [1.54, 1.807) is 32.9 Å². The molecule has 0 aliphatic rings. The number of benzene rings is 1. The van der Waals surface area contributed by atoms with Crippen molar-refractivity contribution in [2.24, 2.45) is 11.8 Å². The predicted molar refractivity (Wildman–Crippen MR) is 121 cm³/mol. The summed E-state index contributed by atoms with van der Waals surface area (Å²) >= 11 is 0. The first-order valence-corrected chi connectivity index (χ1v) is 10.5. The van der Waals surface area contributed by atoms with E-state index in [9.17, 15) is 14.4 Å². The number of allylic oxidation sites excluding steroid dienone is 2. The molecule has 0 bridgehead atoms. The molecule has 3 atom stereocenters. The van der Waals surface area contributed by atoms with Crippen LogP contribution in [0.4, 0.5) is 0 Å². The van der Waals surface area contributed by atoms with Crippen LogP contribution in [0.15, 0.2) is 55.6 Å². The molecule has 0 heterocycles. The Labute approximate surface area is 185 Å². The number of esters is 2. The minimum atomic E-state index is -0.695. The zero-order chi connectivity index (χ0) is 23.4. The summed E-state index contributed by atoms with van der Waals surface area (Å²) in [6.45, 7) is 14.4. The van der Waals surface area contributed by atoms with Crippen LogP contribution in [0.25, 0.3) is 0 Å². The average molecular weight is 430 g/mol. The van der Waals surface area contributed by atoms with Gasteiger partial charge in [0.1, 0.15) is 12.2 Å². The van der Waals surface area contributed by atoms with Gasteiger partial charge in [-0.3, -0.25) is 14.4 Å². The molecule has 0 aliphatic heterocycles. The van der Waals surface area contributed by atoms with E-state index in [1.165, 1.54) is 0 Å². The molecule has 6 nitrogen and oxygen atoms in total. The van der Waals surface area contributed by atoms with Gasteiger partial charge in [-0.05, 0) is 39.2 Å². The maximum absolute atomic E-state index is 12.7. The summed E-state index contributed by atoms with van der Waals surface area (Å²) in [6.07, 6.45) is 4.00. The van der Waals surface area contributed by atoms with Crippen LogP contribution in [0.3, 0.4) is 0 Å². The Morgan fingerprint density at radius 1 is 1.06 bits per heavy atom. The highest BCUT2D eigenvalue weighted by molar-refractivity contribution is 5.81. The lowest BCUT2D eigenvalue weighted by Gasteiger charge is -2.23. The van der Waals surface area contributed by atoms with Crippen molar-refractivity contribution in [3.05, 3.63) is 61.2 Å². The first-order chi connectivity index (χ1) is 14.6. The van der Waals surface area contributed by atoms with Crippen molar-refractivity contribution in [1.82, 2.24) is 5.32 Å². The van der Waals surface area contributed by atoms with Crippen molar-refractivity contribution in [3.8, 4) is 0 Å². The molecule has 0 saturated carbocycles. The number of nitrogens with one attached hydrogen (secondary N) is 1. The lowest BCUT2D eigenvalue weighted by Crippen LogP contribution is -2.36. The van der Waals surface area contributed by atoms with Crippen molar-refractivity contribution in [2.45, 2.75) is 58.6 Å². The molecule has 1 N–H and O–H groups in total. The van der Waals surface area contributed by atoms with E-state index in [-0.39, 0.29) is 31.3 Å². The van der Waals surface area contributed by atoms with Crippen molar-refractivity contribution in [2.75, 3.05) is 6.61 Å². The molecule has 0 fully saturated rings. The zero-order valence-corrected chi connectivity index (χ0v) is 19.1. The Morgan fingerprint density at radius 3 is 2.23 bits per heavy atom. The molecule has 3 unspecified atom stereocenters. The third-order valence-electron chi connectivity index (χ3n) is 4.50. The van der Waals surface area contributed by atoms with Crippen LogP contribution in [0, 0.1) is 11.8 Å². The van der Waals surface area contributed by atoms with Gasteiger partial charge in [0.05, 0.1) is 18.4 Å². The van der Waals surface area contributed by atoms with Gasteiger partial charge in [-0.25, -0.2) is 0 Å². The summed E-state index contributed by atoms with van der Waals surface area (Å²) in [5, 5.41) is 2.94. The molecular formula is C25H35NO5. The molecule has 0 aromatic heterocycles. The highest BCUT2D eigenvalue weighted by Crippen LogP contribution is 2.19. The van der Waals surface area contributed by atoms with Crippen LogP contribution in [-0.2, 0) is 23.9 Å². The minimum Gasteiger partial charge on any atom is -0.463 e. The fraction of sp³-hybridized carbons (Fsp3) is 0.480. The van der Waals surface area contributed by atoms with Gasteiger partial charge in [0.15, 0.2) is 0 Å². The third kappa shape index (κ3) is 10.1. The van der Waals surface area contributed by atoms with Crippen LogP contribution < -0.4 is 5.32 Å². The van der Waals surface area contributed by atoms with E-state index in [4.69, 9.17) is 9.47 Å². The molecule has 1 aromatic rings. The molecule has 0 saturated heterocycles. The van der Waals surface area contributed by atoms with E-state index < -0.39 is 29.5 Å². The number of amides is 1. The Hall–Kier alpha value is -2.89. The lowest BCUT2D eigenvalue weighted by molar-refractivity contribution is -0.161. The molecule has 1 amide bonds. The highest BCUT2D eigenvalue weighted by atomic mass is 16.6. The number of hydrogen-bond donors (Lipinski definition) is 1. The van der Waals surface area contributed by atoms with Crippen molar-refractivity contribution >= 4 is 17.8 Å². The topological polar surface area (TPSA) is 81.7 Å². The summed E-state index contributed by atoms with van der Waals surface area (Å²) in [6, 6.07) is 8.79. The summed E-state index contributed by atoms with van der Waals surface area (Å²) in [5.74, 6) is -2.09. The standard InChI is InChI=1S/C25H35NO5/c1-7-12-18(3)23(28)26-21(19-14-10-9-11-15-19)17-30-24(29)20(13-8-2)16-22(27)31-25(4,5)6/h7-11,14-15,18,20-21H,1-2,12-13,16-17H2,3-6H3,(H,26,28). The van der Waals surface area contributed by atoms with E-state index in [1.807, 2.05) is 37.3 Å². The first kappa shape index (κ1) is 26.1. The van der Waals surface area contributed by atoms with Gasteiger partial charge >= 0.3 is 11.9 Å². The number of carbonyl (C=O) groups is 3. The maximum atomic E-state index is 12.7. The molecule has 1 rings (SSSR count). The Morgan fingerprint density at radius 2 is 1.68 bits per heavy atom. The number of rotatable bonds is 12.